The Hall–Kier alpha value is -1.89. The zero-order valence-corrected chi connectivity index (χ0v) is 14.3. The predicted octanol–water partition coefficient (Wildman–Crippen LogP) is 4.42. The first-order valence-electron chi connectivity index (χ1n) is 6.69. The van der Waals surface area contributed by atoms with Crippen molar-refractivity contribution in [3.63, 3.8) is 0 Å². The van der Waals surface area contributed by atoms with Gasteiger partial charge in [-0.25, -0.2) is 14.8 Å². The Morgan fingerprint density at radius 3 is 2.78 bits per heavy atom. The Morgan fingerprint density at radius 2 is 2.09 bits per heavy atom. The summed E-state index contributed by atoms with van der Waals surface area (Å²) in [6, 6.07) is 6.79. The number of nitrogens with two attached hydrogens (primary N) is 1. The Morgan fingerprint density at radius 1 is 1.30 bits per heavy atom. The van der Waals surface area contributed by atoms with Crippen molar-refractivity contribution in [3.05, 3.63) is 39.2 Å². The van der Waals surface area contributed by atoms with Crippen LogP contribution >= 0.6 is 34.5 Å². The molecule has 0 bridgehead atoms. The number of esters is 1. The minimum absolute atomic E-state index is 0.107. The number of aromatic nitrogens is 2. The number of carbonyl (C=O) groups is 1. The Labute approximate surface area is 146 Å². The van der Waals surface area contributed by atoms with Gasteiger partial charge in [0.1, 0.15) is 9.71 Å². The third kappa shape index (κ3) is 3.10. The second kappa shape index (κ2) is 6.31. The second-order valence-corrected chi connectivity index (χ2v) is 6.48. The molecule has 0 fully saturated rings. The molecule has 0 aliphatic heterocycles. The van der Waals surface area contributed by atoms with Gasteiger partial charge in [0, 0.05) is 16.0 Å². The van der Waals surface area contributed by atoms with Gasteiger partial charge >= 0.3 is 5.97 Å². The normalized spacial score (nSPS) is 10.9. The van der Waals surface area contributed by atoms with Crippen LogP contribution in [0.5, 0.6) is 0 Å². The number of nitrogens with zero attached hydrogens (tertiary/aromatic N) is 2. The van der Waals surface area contributed by atoms with Gasteiger partial charge in [0.25, 0.3) is 0 Å². The van der Waals surface area contributed by atoms with Gasteiger partial charge in [-0.15, -0.1) is 11.3 Å². The van der Waals surface area contributed by atoms with Crippen molar-refractivity contribution in [1.82, 2.24) is 9.97 Å². The summed E-state index contributed by atoms with van der Waals surface area (Å²) in [4.78, 5) is 21.4. The van der Waals surface area contributed by atoms with Crippen molar-refractivity contribution in [2.45, 2.75) is 6.92 Å². The van der Waals surface area contributed by atoms with Crippen LogP contribution in [0.15, 0.2) is 24.3 Å². The highest BCUT2D eigenvalue weighted by Gasteiger charge is 2.18. The molecule has 0 amide bonds. The van der Waals surface area contributed by atoms with Crippen LogP contribution in [-0.4, -0.2) is 22.5 Å². The number of benzene rings is 1. The number of halogens is 2. The Balaban J connectivity index is 2.22. The lowest BCUT2D eigenvalue weighted by molar-refractivity contribution is 0.0532. The highest BCUT2D eigenvalue weighted by atomic mass is 35.5. The molecule has 0 saturated carbocycles. The highest BCUT2D eigenvalue weighted by Crippen LogP contribution is 2.36. The molecule has 0 saturated heterocycles. The lowest BCUT2D eigenvalue weighted by Gasteiger charge is -2.06. The van der Waals surface area contributed by atoms with Crippen molar-refractivity contribution in [2.24, 2.45) is 0 Å². The lowest BCUT2D eigenvalue weighted by Crippen LogP contribution is -2.01. The van der Waals surface area contributed by atoms with Gasteiger partial charge in [-0.1, -0.05) is 23.2 Å². The molecule has 1 aromatic carbocycles. The summed E-state index contributed by atoms with van der Waals surface area (Å²) < 4.78 is 5.02. The van der Waals surface area contributed by atoms with E-state index in [1.165, 1.54) is 11.3 Å². The third-order valence-electron chi connectivity index (χ3n) is 3.07. The molecule has 3 aromatic rings. The minimum Gasteiger partial charge on any atom is -0.462 e. The summed E-state index contributed by atoms with van der Waals surface area (Å²) in [5.41, 5.74) is 7.01. The maximum atomic E-state index is 11.9. The van der Waals surface area contributed by atoms with Gasteiger partial charge < -0.3 is 10.5 Å². The van der Waals surface area contributed by atoms with Crippen LogP contribution in [0.2, 0.25) is 10.0 Å². The van der Waals surface area contributed by atoms with E-state index in [1.54, 1.807) is 31.2 Å². The molecule has 2 heterocycles. The van der Waals surface area contributed by atoms with Gasteiger partial charge in [-0.05, 0) is 31.2 Å². The number of hydrogen-bond donors (Lipinski definition) is 1. The number of carbonyl (C=O) groups excluding carboxylic acids is 1. The fraction of sp³-hybridized carbons (Fsp3) is 0.133. The molecular formula is C15H11Cl2N3O2S. The summed E-state index contributed by atoms with van der Waals surface area (Å²) in [5.74, 6) is -0.294. The Kier molecular flexibility index (Phi) is 4.39. The zero-order valence-electron chi connectivity index (χ0n) is 12.0. The number of anilines is 1. The Bertz CT molecular complexity index is 911. The van der Waals surface area contributed by atoms with Crippen LogP contribution in [0, 0.1) is 0 Å². The molecule has 0 unspecified atom stereocenters. The summed E-state index contributed by atoms with van der Waals surface area (Å²) in [6.07, 6.45) is 0. The number of rotatable bonds is 3. The summed E-state index contributed by atoms with van der Waals surface area (Å²) in [5, 5.41) is 1.66. The maximum absolute atomic E-state index is 11.9. The van der Waals surface area contributed by atoms with E-state index < -0.39 is 5.97 Å². The first-order chi connectivity index (χ1) is 11.0. The van der Waals surface area contributed by atoms with E-state index in [4.69, 9.17) is 33.7 Å². The smallest absolute Gasteiger partial charge is 0.348 e. The first kappa shape index (κ1) is 16.0. The van der Waals surface area contributed by atoms with Gasteiger partial charge in [0.15, 0.2) is 0 Å². The van der Waals surface area contributed by atoms with Crippen LogP contribution in [0.3, 0.4) is 0 Å². The van der Waals surface area contributed by atoms with E-state index in [0.717, 1.165) is 0 Å². The molecule has 0 aliphatic carbocycles. The molecule has 0 radical (unpaired) electrons. The van der Waals surface area contributed by atoms with Crippen molar-refractivity contribution in [2.75, 3.05) is 12.3 Å². The van der Waals surface area contributed by atoms with Crippen molar-refractivity contribution in [3.8, 4) is 11.3 Å². The summed E-state index contributed by atoms with van der Waals surface area (Å²) >= 11 is 13.4. The molecule has 0 atom stereocenters. The zero-order chi connectivity index (χ0) is 16.6. The van der Waals surface area contributed by atoms with Crippen molar-refractivity contribution in [1.29, 1.82) is 0 Å². The minimum atomic E-state index is -0.401. The standard InChI is InChI=1S/C15H11Cl2N3O2S/c1-2-22-14(21)11-6-9-12(19-15(18)20-13(9)23-11)8-4-3-7(16)5-10(8)17/h3-6H,2H2,1H3,(H2,18,19,20). The van der Waals surface area contributed by atoms with E-state index in [1.807, 2.05) is 0 Å². The average molecular weight is 368 g/mol. The molecule has 23 heavy (non-hydrogen) atoms. The molecular weight excluding hydrogens is 357 g/mol. The second-order valence-electron chi connectivity index (χ2n) is 4.60. The van der Waals surface area contributed by atoms with Crippen LogP contribution < -0.4 is 5.73 Å². The van der Waals surface area contributed by atoms with Gasteiger partial charge in [0.05, 0.1) is 17.3 Å². The SMILES string of the molecule is CCOC(=O)c1cc2c(-c3ccc(Cl)cc3Cl)nc(N)nc2s1. The van der Waals surface area contributed by atoms with Gasteiger partial charge in [0.2, 0.25) is 5.95 Å². The van der Waals surface area contributed by atoms with Crippen LogP contribution in [0.4, 0.5) is 5.95 Å². The molecule has 5 nitrogen and oxygen atoms in total. The van der Waals surface area contributed by atoms with E-state index in [9.17, 15) is 4.79 Å². The molecule has 2 aromatic heterocycles. The fourth-order valence-electron chi connectivity index (χ4n) is 2.13. The number of fused-ring (bicyclic) bond motifs is 1. The van der Waals surface area contributed by atoms with Crippen LogP contribution in [0.25, 0.3) is 21.5 Å². The largest absolute Gasteiger partial charge is 0.462 e. The number of nitrogen functional groups attached to an aromatic ring is 1. The van der Waals surface area contributed by atoms with E-state index in [2.05, 4.69) is 9.97 Å². The average Bonchev–Trinajstić information content (AvgIpc) is 2.91. The molecule has 0 spiro atoms. The highest BCUT2D eigenvalue weighted by molar-refractivity contribution is 7.20. The predicted molar refractivity (Wildman–Crippen MR) is 93.2 cm³/mol. The monoisotopic (exact) mass is 367 g/mol. The van der Waals surface area contributed by atoms with Crippen molar-refractivity contribution >= 4 is 56.7 Å². The number of ether oxygens (including phenoxy) is 1. The summed E-state index contributed by atoms with van der Waals surface area (Å²) in [7, 11) is 0. The lowest BCUT2D eigenvalue weighted by atomic mass is 10.1. The van der Waals surface area contributed by atoms with Gasteiger partial charge in [-0.2, -0.15) is 0 Å². The molecule has 2 N–H and O–H groups in total. The first-order valence-corrected chi connectivity index (χ1v) is 8.26. The van der Waals surface area contributed by atoms with E-state index in [0.29, 0.717) is 43.0 Å². The van der Waals surface area contributed by atoms with E-state index >= 15 is 0 Å². The van der Waals surface area contributed by atoms with Crippen molar-refractivity contribution < 1.29 is 9.53 Å². The summed E-state index contributed by atoms with van der Waals surface area (Å²) in [6.45, 7) is 2.05. The fourth-order valence-corrected chi connectivity index (χ4v) is 3.56. The topological polar surface area (TPSA) is 78.1 Å². The maximum Gasteiger partial charge on any atom is 0.348 e. The molecule has 0 aliphatic rings. The quantitative estimate of drug-likeness (QED) is 0.693. The van der Waals surface area contributed by atoms with E-state index in [-0.39, 0.29) is 5.95 Å². The number of hydrogen-bond acceptors (Lipinski definition) is 6. The number of thiophene rings is 1. The molecule has 118 valence electrons. The van der Waals surface area contributed by atoms with Crippen LogP contribution in [-0.2, 0) is 4.74 Å². The molecule has 8 heteroatoms. The van der Waals surface area contributed by atoms with Gasteiger partial charge in [-0.3, -0.25) is 0 Å². The third-order valence-corrected chi connectivity index (χ3v) is 4.63. The van der Waals surface area contributed by atoms with Crippen LogP contribution in [0.1, 0.15) is 16.6 Å². The molecule has 3 rings (SSSR count).